The molecule has 2 atom stereocenters. The quantitative estimate of drug-likeness (QED) is 0.750. The zero-order valence-corrected chi connectivity index (χ0v) is 12.7. The molecule has 0 bridgehead atoms. The molecule has 2 unspecified atom stereocenters. The molecule has 1 heterocycles. The third kappa shape index (κ3) is 4.50. The van der Waals surface area contributed by atoms with E-state index in [9.17, 15) is 0 Å². The van der Waals surface area contributed by atoms with E-state index >= 15 is 0 Å². The van der Waals surface area contributed by atoms with E-state index in [4.69, 9.17) is 9.47 Å². The third-order valence-corrected chi connectivity index (χ3v) is 3.93. The molecular formula is C14H30N2O2. The lowest BCUT2D eigenvalue weighted by atomic mass is 9.97. The zero-order chi connectivity index (χ0) is 13.6. The summed E-state index contributed by atoms with van der Waals surface area (Å²) in [4.78, 5) is 2.49. The van der Waals surface area contributed by atoms with Gasteiger partial charge in [0.2, 0.25) is 0 Å². The van der Waals surface area contributed by atoms with Crippen molar-refractivity contribution in [3.8, 4) is 0 Å². The molecule has 0 radical (unpaired) electrons. The monoisotopic (exact) mass is 258 g/mol. The van der Waals surface area contributed by atoms with Crippen LogP contribution in [0.2, 0.25) is 0 Å². The van der Waals surface area contributed by atoms with E-state index in [2.05, 4.69) is 37.9 Å². The topological polar surface area (TPSA) is 33.7 Å². The Kier molecular flexibility index (Phi) is 6.57. The van der Waals surface area contributed by atoms with Crippen molar-refractivity contribution in [3.05, 3.63) is 0 Å². The predicted molar refractivity (Wildman–Crippen MR) is 75.0 cm³/mol. The summed E-state index contributed by atoms with van der Waals surface area (Å²) in [5.74, 6) is 0. The van der Waals surface area contributed by atoms with Crippen LogP contribution in [-0.4, -0.2) is 62.5 Å². The van der Waals surface area contributed by atoms with Crippen molar-refractivity contribution in [2.24, 2.45) is 0 Å². The third-order valence-electron chi connectivity index (χ3n) is 3.93. The molecule has 0 amide bonds. The van der Waals surface area contributed by atoms with Gasteiger partial charge >= 0.3 is 0 Å². The molecule has 4 nitrogen and oxygen atoms in total. The molecule has 108 valence electrons. The molecule has 0 saturated carbocycles. The highest BCUT2D eigenvalue weighted by Crippen LogP contribution is 2.17. The zero-order valence-electron chi connectivity index (χ0n) is 12.7. The van der Waals surface area contributed by atoms with Crippen molar-refractivity contribution in [3.63, 3.8) is 0 Å². The minimum atomic E-state index is -0.143. The first kappa shape index (κ1) is 15.9. The van der Waals surface area contributed by atoms with Crippen LogP contribution in [0.3, 0.4) is 0 Å². The van der Waals surface area contributed by atoms with E-state index in [1.54, 1.807) is 7.11 Å². The van der Waals surface area contributed by atoms with Gasteiger partial charge in [0.15, 0.2) is 0 Å². The molecule has 0 aliphatic carbocycles. The highest BCUT2D eigenvalue weighted by molar-refractivity contribution is 4.88. The Morgan fingerprint density at radius 2 is 2.17 bits per heavy atom. The molecule has 0 aromatic carbocycles. The summed E-state index contributed by atoms with van der Waals surface area (Å²) in [6, 6.07) is 0.350. The molecule has 0 aromatic rings. The van der Waals surface area contributed by atoms with Crippen LogP contribution in [0, 0.1) is 0 Å². The van der Waals surface area contributed by atoms with Crippen LogP contribution in [-0.2, 0) is 9.47 Å². The van der Waals surface area contributed by atoms with Gasteiger partial charge in [0, 0.05) is 32.8 Å². The van der Waals surface area contributed by atoms with E-state index in [0.717, 1.165) is 39.2 Å². The summed E-state index contributed by atoms with van der Waals surface area (Å²) in [5.41, 5.74) is -0.143. The molecule has 1 saturated heterocycles. The van der Waals surface area contributed by atoms with Crippen molar-refractivity contribution in [2.45, 2.75) is 51.9 Å². The fraction of sp³-hybridized carbons (Fsp3) is 1.00. The number of morpholine rings is 1. The SMILES string of the molecule is CCNC(CN1CCOC(CC)C1)C(C)(C)OC. The van der Waals surface area contributed by atoms with Gasteiger partial charge in [0.05, 0.1) is 18.3 Å². The number of hydrogen-bond acceptors (Lipinski definition) is 4. The largest absolute Gasteiger partial charge is 0.377 e. The first-order chi connectivity index (χ1) is 8.53. The van der Waals surface area contributed by atoms with Gasteiger partial charge in [-0.2, -0.15) is 0 Å². The van der Waals surface area contributed by atoms with Gasteiger partial charge in [-0.1, -0.05) is 13.8 Å². The van der Waals surface area contributed by atoms with Gasteiger partial charge in [-0.3, -0.25) is 4.90 Å². The fourth-order valence-corrected chi connectivity index (χ4v) is 2.37. The lowest BCUT2D eigenvalue weighted by Crippen LogP contribution is -2.56. The Morgan fingerprint density at radius 3 is 2.72 bits per heavy atom. The maximum Gasteiger partial charge on any atom is 0.0787 e. The van der Waals surface area contributed by atoms with Crippen LogP contribution in [0.5, 0.6) is 0 Å². The number of rotatable bonds is 7. The average Bonchev–Trinajstić information content (AvgIpc) is 2.38. The maximum absolute atomic E-state index is 5.72. The molecular weight excluding hydrogens is 228 g/mol. The normalized spacial score (nSPS) is 24.2. The smallest absolute Gasteiger partial charge is 0.0787 e. The molecule has 18 heavy (non-hydrogen) atoms. The van der Waals surface area contributed by atoms with E-state index in [-0.39, 0.29) is 5.60 Å². The molecule has 1 fully saturated rings. The van der Waals surface area contributed by atoms with Crippen molar-refractivity contribution >= 4 is 0 Å². The molecule has 1 rings (SSSR count). The number of ether oxygens (including phenoxy) is 2. The van der Waals surface area contributed by atoms with Gasteiger partial charge in [-0.05, 0) is 26.8 Å². The second-order valence-electron chi connectivity index (χ2n) is 5.58. The van der Waals surface area contributed by atoms with Crippen LogP contribution >= 0.6 is 0 Å². The number of hydrogen-bond donors (Lipinski definition) is 1. The highest BCUT2D eigenvalue weighted by atomic mass is 16.5. The second kappa shape index (κ2) is 7.43. The van der Waals surface area contributed by atoms with Crippen LogP contribution in [0.25, 0.3) is 0 Å². The minimum absolute atomic E-state index is 0.143. The van der Waals surface area contributed by atoms with Gasteiger partial charge in [0.25, 0.3) is 0 Å². The molecule has 0 aromatic heterocycles. The summed E-state index contributed by atoms with van der Waals surface area (Å²) >= 11 is 0. The Labute approximate surface area is 112 Å². The lowest BCUT2D eigenvalue weighted by molar-refractivity contribution is -0.0556. The van der Waals surface area contributed by atoms with Crippen LogP contribution in [0.4, 0.5) is 0 Å². The van der Waals surface area contributed by atoms with Crippen LogP contribution < -0.4 is 5.32 Å². The summed E-state index contributed by atoms with van der Waals surface area (Å²) < 4.78 is 11.3. The maximum atomic E-state index is 5.72. The van der Waals surface area contributed by atoms with Crippen molar-refractivity contribution in [2.75, 3.05) is 39.9 Å². The first-order valence-corrected chi connectivity index (χ1v) is 7.16. The molecule has 1 aliphatic heterocycles. The first-order valence-electron chi connectivity index (χ1n) is 7.16. The lowest BCUT2D eigenvalue weighted by Gasteiger charge is -2.40. The van der Waals surface area contributed by atoms with Gasteiger partial charge in [-0.25, -0.2) is 0 Å². The Balaban J connectivity index is 2.54. The van der Waals surface area contributed by atoms with Crippen LogP contribution in [0.15, 0.2) is 0 Å². The number of nitrogens with one attached hydrogen (secondary N) is 1. The minimum Gasteiger partial charge on any atom is -0.377 e. The van der Waals surface area contributed by atoms with E-state index in [0.29, 0.717) is 12.1 Å². The summed E-state index contributed by atoms with van der Waals surface area (Å²) in [7, 11) is 1.79. The Morgan fingerprint density at radius 1 is 1.44 bits per heavy atom. The summed E-state index contributed by atoms with van der Waals surface area (Å²) in [5, 5.41) is 3.55. The Bertz CT molecular complexity index is 234. The van der Waals surface area contributed by atoms with Gasteiger partial charge < -0.3 is 14.8 Å². The second-order valence-corrected chi connectivity index (χ2v) is 5.58. The summed E-state index contributed by atoms with van der Waals surface area (Å²) in [6.45, 7) is 13.5. The summed E-state index contributed by atoms with van der Waals surface area (Å²) in [6.07, 6.45) is 1.49. The van der Waals surface area contributed by atoms with E-state index in [1.165, 1.54) is 0 Å². The van der Waals surface area contributed by atoms with Crippen molar-refractivity contribution in [1.82, 2.24) is 10.2 Å². The van der Waals surface area contributed by atoms with E-state index < -0.39 is 0 Å². The van der Waals surface area contributed by atoms with E-state index in [1.807, 2.05) is 0 Å². The van der Waals surface area contributed by atoms with Gasteiger partial charge in [-0.15, -0.1) is 0 Å². The molecule has 0 spiro atoms. The average molecular weight is 258 g/mol. The highest BCUT2D eigenvalue weighted by Gasteiger charge is 2.31. The predicted octanol–water partition coefficient (Wildman–Crippen LogP) is 1.50. The van der Waals surface area contributed by atoms with Crippen molar-refractivity contribution < 1.29 is 9.47 Å². The molecule has 4 heteroatoms. The molecule has 1 N–H and O–H groups in total. The fourth-order valence-electron chi connectivity index (χ4n) is 2.37. The van der Waals surface area contributed by atoms with Crippen LogP contribution in [0.1, 0.15) is 34.1 Å². The van der Waals surface area contributed by atoms with Gasteiger partial charge in [0.1, 0.15) is 0 Å². The van der Waals surface area contributed by atoms with Crippen molar-refractivity contribution in [1.29, 1.82) is 0 Å². The Hall–Kier alpha value is -0.160. The number of methoxy groups -OCH3 is 1. The standard InChI is InChI=1S/C14H30N2O2/c1-6-12-10-16(8-9-18-12)11-13(15-7-2)14(3,4)17-5/h12-13,15H,6-11H2,1-5H3. The molecule has 1 aliphatic rings. The number of likely N-dealkylation sites (N-methyl/N-ethyl adjacent to an activating group) is 1. The number of nitrogens with zero attached hydrogens (tertiary/aromatic N) is 1.